The first-order valence-electron chi connectivity index (χ1n) is 9.35. The lowest BCUT2D eigenvalue weighted by Crippen LogP contribution is -2.35. The second-order valence-corrected chi connectivity index (χ2v) is 7.41. The fraction of sp³-hybridized carbons (Fsp3) is 0.600. The second kappa shape index (κ2) is 7.82. The lowest BCUT2D eigenvalue weighted by molar-refractivity contribution is -0.117. The van der Waals surface area contributed by atoms with Crippen LogP contribution in [0.2, 0.25) is 0 Å². The Bertz CT molecular complexity index is 591. The van der Waals surface area contributed by atoms with Gasteiger partial charge in [0.2, 0.25) is 5.91 Å². The number of carbonyl (C=O) groups is 2. The first-order chi connectivity index (χ1) is 11.6. The van der Waals surface area contributed by atoms with E-state index in [0.29, 0.717) is 17.2 Å². The van der Waals surface area contributed by atoms with E-state index in [-0.39, 0.29) is 23.8 Å². The van der Waals surface area contributed by atoms with Crippen molar-refractivity contribution in [1.29, 1.82) is 0 Å². The van der Waals surface area contributed by atoms with E-state index in [4.69, 9.17) is 0 Å². The predicted octanol–water partition coefficient (Wildman–Crippen LogP) is 4.12. The Hall–Kier alpha value is -1.84. The van der Waals surface area contributed by atoms with Crippen molar-refractivity contribution in [2.45, 2.75) is 64.3 Å². The molecular formula is C20H28N2O2. The quantitative estimate of drug-likeness (QED) is 0.873. The maximum absolute atomic E-state index is 12.5. The third-order valence-corrected chi connectivity index (χ3v) is 5.28. The van der Waals surface area contributed by atoms with Crippen LogP contribution in [-0.4, -0.2) is 17.9 Å². The topological polar surface area (TPSA) is 58.2 Å². The van der Waals surface area contributed by atoms with Crippen LogP contribution in [0.3, 0.4) is 0 Å². The van der Waals surface area contributed by atoms with E-state index in [9.17, 15) is 9.59 Å². The summed E-state index contributed by atoms with van der Waals surface area (Å²) in [5.41, 5.74) is 1.34. The Morgan fingerprint density at radius 1 is 1.04 bits per heavy atom. The fourth-order valence-electron chi connectivity index (χ4n) is 3.53. The molecule has 0 saturated heterocycles. The summed E-state index contributed by atoms with van der Waals surface area (Å²) in [5, 5.41) is 6.11. The van der Waals surface area contributed by atoms with Gasteiger partial charge in [-0.3, -0.25) is 9.59 Å². The number of hydrogen-bond acceptors (Lipinski definition) is 2. The number of anilines is 1. The summed E-state index contributed by atoms with van der Waals surface area (Å²) in [6, 6.07) is 7.55. The van der Waals surface area contributed by atoms with Gasteiger partial charge in [0, 0.05) is 23.2 Å². The number of benzene rings is 1. The van der Waals surface area contributed by atoms with Gasteiger partial charge in [0.15, 0.2) is 0 Å². The minimum atomic E-state index is -0.0311. The van der Waals surface area contributed by atoms with Gasteiger partial charge in [-0.05, 0) is 43.4 Å². The minimum absolute atomic E-state index is 0.0311. The van der Waals surface area contributed by atoms with E-state index in [0.717, 1.165) is 19.3 Å². The number of amides is 2. The van der Waals surface area contributed by atoms with Crippen molar-refractivity contribution < 1.29 is 9.59 Å². The van der Waals surface area contributed by atoms with Gasteiger partial charge in [-0.2, -0.15) is 0 Å². The third-order valence-electron chi connectivity index (χ3n) is 5.28. The molecule has 130 valence electrons. The van der Waals surface area contributed by atoms with Gasteiger partial charge < -0.3 is 10.6 Å². The fourth-order valence-corrected chi connectivity index (χ4v) is 3.53. The van der Waals surface area contributed by atoms with Gasteiger partial charge in [0.1, 0.15) is 0 Å². The van der Waals surface area contributed by atoms with Crippen molar-refractivity contribution >= 4 is 17.5 Å². The van der Waals surface area contributed by atoms with Gasteiger partial charge in [0.05, 0.1) is 0 Å². The molecule has 0 aliphatic heterocycles. The monoisotopic (exact) mass is 328 g/mol. The molecule has 4 nitrogen and oxygen atoms in total. The smallest absolute Gasteiger partial charge is 0.251 e. The molecule has 0 heterocycles. The van der Waals surface area contributed by atoms with Crippen molar-refractivity contribution in [2.75, 3.05) is 5.32 Å². The van der Waals surface area contributed by atoms with E-state index >= 15 is 0 Å². The third kappa shape index (κ3) is 4.59. The Morgan fingerprint density at radius 2 is 1.71 bits per heavy atom. The highest BCUT2D eigenvalue weighted by Gasteiger charge is 2.39. The van der Waals surface area contributed by atoms with Crippen LogP contribution in [0.15, 0.2) is 24.3 Å². The molecule has 4 heteroatoms. The largest absolute Gasteiger partial charge is 0.349 e. The van der Waals surface area contributed by atoms with E-state index in [2.05, 4.69) is 17.6 Å². The van der Waals surface area contributed by atoms with E-state index < -0.39 is 0 Å². The number of carbonyl (C=O) groups excluding carboxylic acids is 2. The predicted molar refractivity (Wildman–Crippen MR) is 95.9 cm³/mol. The molecule has 1 aromatic rings. The SMILES string of the molecule is C[C@@H]1C[C@H]1C(=O)Nc1cccc(C(=O)NC2CCCCCCC2)c1. The summed E-state index contributed by atoms with van der Waals surface area (Å²) in [5.74, 6) is 0.657. The Kier molecular flexibility index (Phi) is 5.54. The molecule has 0 radical (unpaired) electrons. The highest BCUT2D eigenvalue weighted by molar-refractivity contribution is 5.98. The lowest BCUT2D eigenvalue weighted by atomic mass is 9.96. The zero-order valence-electron chi connectivity index (χ0n) is 14.5. The van der Waals surface area contributed by atoms with Crippen molar-refractivity contribution in [3.05, 3.63) is 29.8 Å². The molecule has 2 amide bonds. The van der Waals surface area contributed by atoms with Crippen molar-refractivity contribution in [3.8, 4) is 0 Å². The molecule has 0 aromatic heterocycles. The number of nitrogens with one attached hydrogen (secondary N) is 2. The van der Waals surface area contributed by atoms with Crippen molar-refractivity contribution in [2.24, 2.45) is 11.8 Å². The first-order valence-corrected chi connectivity index (χ1v) is 9.35. The summed E-state index contributed by atoms with van der Waals surface area (Å²) >= 11 is 0. The number of rotatable bonds is 4. The van der Waals surface area contributed by atoms with Crippen molar-refractivity contribution in [3.63, 3.8) is 0 Å². The van der Waals surface area contributed by atoms with Gasteiger partial charge >= 0.3 is 0 Å². The number of hydrogen-bond donors (Lipinski definition) is 2. The van der Waals surface area contributed by atoms with Crippen LogP contribution in [0.5, 0.6) is 0 Å². The summed E-state index contributed by atoms with van der Waals surface area (Å²) in [6.07, 6.45) is 9.36. The van der Waals surface area contributed by atoms with Crippen LogP contribution < -0.4 is 10.6 Å². The second-order valence-electron chi connectivity index (χ2n) is 7.41. The summed E-state index contributed by atoms with van der Waals surface area (Å²) in [6.45, 7) is 2.09. The molecular weight excluding hydrogens is 300 g/mol. The van der Waals surface area contributed by atoms with Gasteiger partial charge in [-0.1, -0.05) is 45.1 Å². The molecule has 2 saturated carbocycles. The van der Waals surface area contributed by atoms with Gasteiger partial charge in [0.25, 0.3) is 5.91 Å². The molecule has 0 unspecified atom stereocenters. The van der Waals surface area contributed by atoms with Gasteiger partial charge in [-0.15, -0.1) is 0 Å². The van der Waals surface area contributed by atoms with Crippen LogP contribution in [0.1, 0.15) is 68.6 Å². The average molecular weight is 328 g/mol. The van der Waals surface area contributed by atoms with E-state index in [1.165, 1.54) is 32.1 Å². The molecule has 3 rings (SSSR count). The standard InChI is InChI=1S/C20H28N2O2/c1-14-12-18(14)20(24)22-17-11-7-8-15(13-17)19(23)21-16-9-5-3-2-4-6-10-16/h7-8,11,13-14,16,18H,2-6,9-10,12H2,1H3,(H,21,23)(H,22,24)/t14-,18-/m1/s1. The Labute approximate surface area is 144 Å². The van der Waals surface area contributed by atoms with E-state index in [1.807, 2.05) is 18.2 Å². The maximum Gasteiger partial charge on any atom is 0.251 e. The molecule has 2 N–H and O–H groups in total. The van der Waals surface area contributed by atoms with Crippen LogP contribution in [0, 0.1) is 11.8 Å². The van der Waals surface area contributed by atoms with Crippen LogP contribution in [0.4, 0.5) is 5.69 Å². The normalized spacial score (nSPS) is 24.5. The highest BCUT2D eigenvalue weighted by Crippen LogP contribution is 2.38. The summed E-state index contributed by atoms with van der Waals surface area (Å²) in [4.78, 5) is 24.6. The summed E-state index contributed by atoms with van der Waals surface area (Å²) < 4.78 is 0. The molecule has 24 heavy (non-hydrogen) atoms. The summed E-state index contributed by atoms with van der Waals surface area (Å²) in [7, 11) is 0. The van der Waals surface area contributed by atoms with Crippen LogP contribution >= 0.6 is 0 Å². The average Bonchev–Trinajstić information content (AvgIpc) is 3.27. The molecule has 2 fully saturated rings. The highest BCUT2D eigenvalue weighted by atomic mass is 16.2. The Balaban J connectivity index is 1.57. The Morgan fingerprint density at radius 3 is 2.38 bits per heavy atom. The van der Waals surface area contributed by atoms with Crippen molar-refractivity contribution in [1.82, 2.24) is 5.32 Å². The van der Waals surface area contributed by atoms with E-state index in [1.54, 1.807) is 6.07 Å². The van der Waals surface area contributed by atoms with Gasteiger partial charge in [-0.25, -0.2) is 0 Å². The molecule has 2 aliphatic carbocycles. The molecule has 1 aromatic carbocycles. The first kappa shape index (κ1) is 17.0. The molecule has 0 bridgehead atoms. The molecule has 0 spiro atoms. The molecule has 2 aliphatic rings. The van der Waals surface area contributed by atoms with Crippen LogP contribution in [0.25, 0.3) is 0 Å². The maximum atomic E-state index is 12.5. The lowest BCUT2D eigenvalue weighted by Gasteiger charge is -2.21. The minimum Gasteiger partial charge on any atom is -0.349 e. The molecule has 2 atom stereocenters. The zero-order chi connectivity index (χ0) is 16.9. The van der Waals surface area contributed by atoms with Crippen LogP contribution in [-0.2, 0) is 4.79 Å². The zero-order valence-corrected chi connectivity index (χ0v) is 14.5.